The Bertz CT molecular complexity index is 448. The molecule has 0 saturated carbocycles. The van der Waals surface area contributed by atoms with Gasteiger partial charge in [0.2, 0.25) is 0 Å². The van der Waals surface area contributed by atoms with E-state index in [4.69, 9.17) is 14.4 Å². The van der Waals surface area contributed by atoms with Crippen LogP contribution < -0.4 is 4.74 Å². The van der Waals surface area contributed by atoms with Crippen molar-refractivity contribution in [2.75, 3.05) is 7.11 Å². The second-order valence-corrected chi connectivity index (χ2v) is 3.46. The summed E-state index contributed by atoms with van der Waals surface area (Å²) in [6, 6.07) is 7.71. The Morgan fingerprint density at radius 2 is 2.06 bits per heavy atom. The van der Waals surface area contributed by atoms with Gasteiger partial charge >= 0.3 is 0 Å². The highest BCUT2D eigenvalue weighted by Gasteiger charge is 2.07. The van der Waals surface area contributed by atoms with Gasteiger partial charge in [0, 0.05) is 12.0 Å². The van der Waals surface area contributed by atoms with Crippen molar-refractivity contribution in [3.05, 3.63) is 47.3 Å². The van der Waals surface area contributed by atoms with Crippen molar-refractivity contribution in [3.63, 3.8) is 0 Å². The number of hydrogen-bond donors (Lipinski definition) is 1. The molecule has 0 aliphatic carbocycles. The summed E-state index contributed by atoms with van der Waals surface area (Å²) in [6.45, 7) is -0.0466. The van der Waals surface area contributed by atoms with Gasteiger partial charge in [-0.2, -0.15) is 0 Å². The van der Waals surface area contributed by atoms with Crippen molar-refractivity contribution >= 4 is 0 Å². The van der Waals surface area contributed by atoms with Gasteiger partial charge in [-0.1, -0.05) is 17.3 Å². The maximum Gasteiger partial charge on any atom is 0.146 e. The highest BCUT2D eigenvalue weighted by Crippen LogP contribution is 2.17. The summed E-state index contributed by atoms with van der Waals surface area (Å²) in [5.41, 5.74) is 1.82. The third-order valence-electron chi connectivity index (χ3n) is 2.42. The fourth-order valence-corrected chi connectivity index (χ4v) is 1.49. The lowest BCUT2D eigenvalue weighted by molar-refractivity contribution is 0.277. The van der Waals surface area contributed by atoms with E-state index in [2.05, 4.69) is 5.16 Å². The lowest BCUT2D eigenvalue weighted by Crippen LogP contribution is -1.91. The Morgan fingerprint density at radius 1 is 1.31 bits per heavy atom. The van der Waals surface area contributed by atoms with Gasteiger partial charge in [0.25, 0.3) is 0 Å². The van der Waals surface area contributed by atoms with Gasteiger partial charge in [0.1, 0.15) is 11.5 Å². The average Bonchev–Trinajstić information content (AvgIpc) is 2.77. The Kier molecular flexibility index (Phi) is 3.22. The van der Waals surface area contributed by atoms with E-state index < -0.39 is 0 Å². The molecule has 2 aromatic rings. The molecule has 0 spiro atoms. The molecule has 0 aliphatic heterocycles. The van der Waals surface area contributed by atoms with Crippen LogP contribution in [0.3, 0.4) is 0 Å². The van der Waals surface area contributed by atoms with E-state index in [0.29, 0.717) is 12.2 Å². The zero-order valence-electron chi connectivity index (χ0n) is 9.01. The van der Waals surface area contributed by atoms with Gasteiger partial charge in [-0.15, -0.1) is 0 Å². The summed E-state index contributed by atoms with van der Waals surface area (Å²) >= 11 is 0. The van der Waals surface area contributed by atoms with Crippen molar-refractivity contribution in [3.8, 4) is 5.75 Å². The predicted octanol–water partition coefficient (Wildman–Crippen LogP) is 1.77. The number of ether oxygens (including phenoxy) is 1. The Balaban J connectivity index is 2.14. The van der Waals surface area contributed by atoms with Crippen molar-refractivity contribution in [1.82, 2.24) is 5.16 Å². The topological polar surface area (TPSA) is 55.5 Å². The van der Waals surface area contributed by atoms with Crippen LogP contribution in [0.2, 0.25) is 0 Å². The summed E-state index contributed by atoms with van der Waals surface area (Å²) in [5.74, 6) is 1.52. The number of aromatic nitrogens is 1. The monoisotopic (exact) mass is 219 g/mol. The molecule has 16 heavy (non-hydrogen) atoms. The van der Waals surface area contributed by atoms with Crippen molar-refractivity contribution in [2.24, 2.45) is 0 Å². The molecule has 0 saturated heterocycles. The molecule has 84 valence electrons. The van der Waals surface area contributed by atoms with Gasteiger partial charge in [0.05, 0.1) is 19.9 Å². The summed E-state index contributed by atoms with van der Waals surface area (Å²) in [4.78, 5) is 0. The number of aliphatic hydroxyl groups is 1. The third kappa shape index (κ3) is 2.23. The number of benzene rings is 1. The van der Waals surface area contributed by atoms with Gasteiger partial charge < -0.3 is 14.4 Å². The third-order valence-corrected chi connectivity index (χ3v) is 2.42. The van der Waals surface area contributed by atoms with Crippen LogP contribution in [0, 0.1) is 0 Å². The minimum absolute atomic E-state index is 0.0466. The van der Waals surface area contributed by atoms with E-state index in [1.54, 1.807) is 13.3 Å². The number of aliphatic hydroxyl groups excluding tert-OH is 1. The molecule has 4 heteroatoms. The fraction of sp³-hybridized carbons (Fsp3) is 0.250. The van der Waals surface area contributed by atoms with Crippen LogP contribution >= 0.6 is 0 Å². The Labute approximate surface area is 93.5 Å². The van der Waals surface area contributed by atoms with Crippen LogP contribution in [0.25, 0.3) is 0 Å². The van der Waals surface area contributed by atoms with E-state index in [1.807, 2.05) is 24.3 Å². The maximum absolute atomic E-state index is 9.05. The van der Waals surface area contributed by atoms with E-state index in [0.717, 1.165) is 16.9 Å². The first-order chi connectivity index (χ1) is 7.83. The van der Waals surface area contributed by atoms with Gasteiger partial charge in [-0.3, -0.25) is 0 Å². The first-order valence-electron chi connectivity index (χ1n) is 4.99. The summed E-state index contributed by atoms with van der Waals surface area (Å²) < 4.78 is 10.1. The molecule has 1 heterocycles. The van der Waals surface area contributed by atoms with Crippen molar-refractivity contribution in [1.29, 1.82) is 0 Å². The summed E-state index contributed by atoms with van der Waals surface area (Å²) in [5, 5.41) is 12.7. The SMILES string of the molecule is COc1ccc(Cc2oncc2CO)cc1. The normalized spacial score (nSPS) is 10.4. The number of rotatable bonds is 4. The molecule has 4 nitrogen and oxygen atoms in total. The van der Waals surface area contributed by atoms with Gasteiger partial charge in [-0.25, -0.2) is 0 Å². The molecule has 0 amide bonds. The van der Waals surface area contributed by atoms with E-state index in [9.17, 15) is 0 Å². The van der Waals surface area contributed by atoms with Gasteiger partial charge in [0.15, 0.2) is 0 Å². The van der Waals surface area contributed by atoms with Crippen LogP contribution in [-0.4, -0.2) is 17.4 Å². The molecule has 0 aliphatic rings. The smallest absolute Gasteiger partial charge is 0.146 e. The van der Waals surface area contributed by atoms with E-state index >= 15 is 0 Å². The van der Waals surface area contributed by atoms with Crippen LogP contribution in [0.5, 0.6) is 5.75 Å². The first-order valence-corrected chi connectivity index (χ1v) is 4.99. The molecule has 2 rings (SSSR count). The summed E-state index contributed by atoms with van der Waals surface area (Å²) in [7, 11) is 1.63. The van der Waals surface area contributed by atoms with Gasteiger partial charge in [-0.05, 0) is 17.7 Å². The minimum Gasteiger partial charge on any atom is -0.497 e. The molecule has 0 fully saturated rings. The molecule has 0 radical (unpaired) electrons. The van der Waals surface area contributed by atoms with E-state index in [1.165, 1.54) is 0 Å². The maximum atomic E-state index is 9.05. The molecule has 1 aromatic heterocycles. The number of nitrogens with zero attached hydrogens (tertiary/aromatic N) is 1. The van der Waals surface area contributed by atoms with E-state index in [-0.39, 0.29) is 6.61 Å². The van der Waals surface area contributed by atoms with Crippen LogP contribution in [0.1, 0.15) is 16.9 Å². The molecule has 1 N–H and O–H groups in total. The van der Waals surface area contributed by atoms with Crippen LogP contribution in [-0.2, 0) is 13.0 Å². The molecular weight excluding hydrogens is 206 g/mol. The second kappa shape index (κ2) is 4.81. The lowest BCUT2D eigenvalue weighted by Gasteiger charge is -2.02. The second-order valence-electron chi connectivity index (χ2n) is 3.46. The largest absolute Gasteiger partial charge is 0.497 e. The molecule has 0 unspecified atom stereocenters. The van der Waals surface area contributed by atoms with Crippen LogP contribution in [0.4, 0.5) is 0 Å². The van der Waals surface area contributed by atoms with Crippen LogP contribution in [0.15, 0.2) is 35.0 Å². The zero-order chi connectivity index (χ0) is 11.4. The lowest BCUT2D eigenvalue weighted by atomic mass is 10.1. The fourth-order valence-electron chi connectivity index (χ4n) is 1.49. The Morgan fingerprint density at radius 3 is 2.69 bits per heavy atom. The van der Waals surface area contributed by atoms with Crippen molar-refractivity contribution < 1.29 is 14.4 Å². The number of hydrogen-bond acceptors (Lipinski definition) is 4. The summed E-state index contributed by atoms with van der Waals surface area (Å²) in [6.07, 6.45) is 2.17. The molecule has 0 bridgehead atoms. The van der Waals surface area contributed by atoms with Crippen molar-refractivity contribution in [2.45, 2.75) is 13.0 Å². The highest BCUT2D eigenvalue weighted by molar-refractivity contribution is 5.30. The average molecular weight is 219 g/mol. The zero-order valence-corrected chi connectivity index (χ0v) is 9.01. The molecule has 1 aromatic carbocycles. The quantitative estimate of drug-likeness (QED) is 0.851. The number of methoxy groups -OCH3 is 1. The minimum atomic E-state index is -0.0466. The first kappa shape index (κ1) is 10.7. The Hall–Kier alpha value is -1.81. The molecular formula is C12H13NO3. The predicted molar refractivity (Wildman–Crippen MR) is 58.2 cm³/mol. The standard InChI is InChI=1S/C12H13NO3/c1-15-11-4-2-9(3-5-11)6-12-10(8-14)7-13-16-12/h2-5,7,14H,6,8H2,1H3. The molecule has 0 atom stereocenters. The highest BCUT2D eigenvalue weighted by atomic mass is 16.5.